The third kappa shape index (κ3) is 4.08. The number of nitrogens with two attached hydrogens (primary N) is 1. The number of rotatable bonds is 6. The molecule has 3 N–H and O–H groups in total. The molecule has 21 heavy (non-hydrogen) atoms. The van der Waals surface area contributed by atoms with Gasteiger partial charge in [0.05, 0.1) is 0 Å². The van der Waals surface area contributed by atoms with E-state index < -0.39 is 0 Å². The van der Waals surface area contributed by atoms with Gasteiger partial charge in [-0.25, -0.2) is 0 Å². The van der Waals surface area contributed by atoms with E-state index >= 15 is 0 Å². The summed E-state index contributed by atoms with van der Waals surface area (Å²) in [6, 6.07) is 12.6. The molecule has 2 aromatic rings. The molecule has 5 heteroatoms. The molecule has 0 spiro atoms. The molecule has 0 bridgehead atoms. The minimum atomic E-state index is 0.294. The van der Waals surface area contributed by atoms with Gasteiger partial charge in [-0.3, -0.25) is 0 Å². The van der Waals surface area contributed by atoms with Crippen LogP contribution < -0.4 is 16.0 Å². The highest BCUT2D eigenvalue weighted by Gasteiger charge is 2.14. The Labute approximate surface area is 126 Å². The topological polar surface area (TPSA) is 67.1 Å². The summed E-state index contributed by atoms with van der Waals surface area (Å²) in [4.78, 5) is 10.8. The van der Waals surface area contributed by atoms with Gasteiger partial charge in [0, 0.05) is 25.2 Å². The van der Waals surface area contributed by atoms with Crippen LogP contribution in [0, 0.1) is 0 Å². The van der Waals surface area contributed by atoms with Gasteiger partial charge < -0.3 is 16.0 Å². The molecule has 0 atom stereocenters. The molecule has 0 saturated heterocycles. The molecule has 0 saturated carbocycles. The highest BCUT2D eigenvalue weighted by Crippen LogP contribution is 2.21. The van der Waals surface area contributed by atoms with Gasteiger partial charge in [0.25, 0.3) is 0 Å². The van der Waals surface area contributed by atoms with Gasteiger partial charge in [-0.15, -0.1) is 0 Å². The second kappa shape index (κ2) is 6.92. The van der Waals surface area contributed by atoms with Crippen molar-refractivity contribution < 1.29 is 0 Å². The molecular weight excluding hydrogens is 262 g/mol. The lowest BCUT2D eigenvalue weighted by atomic mass is 10.2. The average Bonchev–Trinajstić information content (AvgIpc) is 2.45. The largest absolute Gasteiger partial charge is 0.370 e. The minimum absolute atomic E-state index is 0.294. The van der Waals surface area contributed by atoms with Gasteiger partial charge in [0.1, 0.15) is 11.6 Å². The van der Waals surface area contributed by atoms with Gasteiger partial charge in [-0.2, -0.15) is 9.97 Å². The lowest BCUT2D eigenvalue weighted by molar-refractivity contribution is 0.672. The van der Waals surface area contributed by atoms with Crippen molar-refractivity contribution in [3.63, 3.8) is 0 Å². The molecular formula is C16H23N5. The fraction of sp³-hybridized carbons (Fsp3) is 0.375. The molecule has 5 nitrogen and oxygen atoms in total. The zero-order chi connectivity index (χ0) is 15.2. The van der Waals surface area contributed by atoms with Crippen molar-refractivity contribution >= 4 is 17.6 Å². The Morgan fingerprint density at radius 2 is 1.90 bits per heavy atom. The Morgan fingerprint density at radius 3 is 2.52 bits per heavy atom. The molecule has 1 aromatic carbocycles. The van der Waals surface area contributed by atoms with E-state index in [2.05, 4.69) is 46.2 Å². The van der Waals surface area contributed by atoms with Gasteiger partial charge in [-0.05, 0) is 26.3 Å². The Hall–Kier alpha value is -2.30. The first kappa shape index (κ1) is 15.1. The fourth-order valence-electron chi connectivity index (χ4n) is 2.18. The van der Waals surface area contributed by atoms with Crippen molar-refractivity contribution in [3.8, 4) is 0 Å². The number of nitrogen functional groups attached to an aromatic ring is 1. The van der Waals surface area contributed by atoms with Crippen molar-refractivity contribution in [2.75, 3.05) is 22.5 Å². The number of hydrogen-bond donors (Lipinski definition) is 2. The van der Waals surface area contributed by atoms with Crippen LogP contribution in [0.15, 0.2) is 36.4 Å². The van der Waals surface area contributed by atoms with E-state index in [0.717, 1.165) is 24.7 Å². The number of anilines is 3. The first-order chi connectivity index (χ1) is 10.1. The van der Waals surface area contributed by atoms with Gasteiger partial charge in [0.2, 0.25) is 5.95 Å². The zero-order valence-corrected chi connectivity index (χ0v) is 12.9. The predicted octanol–water partition coefficient (Wildman–Crippen LogP) is 2.91. The normalized spacial score (nSPS) is 10.7. The second-order valence-corrected chi connectivity index (χ2v) is 5.21. The first-order valence-electron chi connectivity index (χ1n) is 7.29. The number of nitrogens with zero attached hydrogens (tertiary/aromatic N) is 3. The van der Waals surface area contributed by atoms with Crippen molar-refractivity contribution in [2.24, 2.45) is 0 Å². The molecule has 0 radical (unpaired) electrons. The van der Waals surface area contributed by atoms with E-state index in [-0.39, 0.29) is 0 Å². The van der Waals surface area contributed by atoms with E-state index in [1.54, 1.807) is 0 Å². The zero-order valence-electron chi connectivity index (χ0n) is 12.9. The molecule has 1 aromatic heterocycles. The van der Waals surface area contributed by atoms with E-state index in [4.69, 9.17) is 5.73 Å². The lowest BCUT2D eigenvalue weighted by Crippen LogP contribution is -2.31. The summed E-state index contributed by atoms with van der Waals surface area (Å²) < 4.78 is 0. The van der Waals surface area contributed by atoms with Crippen LogP contribution in [0.25, 0.3) is 0 Å². The smallest absolute Gasteiger partial charge is 0.223 e. The van der Waals surface area contributed by atoms with E-state index in [9.17, 15) is 0 Å². The molecule has 2 rings (SSSR count). The molecule has 0 unspecified atom stereocenters. The standard InChI is InChI=1S/C16H23N5/c1-4-18-14-10-15(20-16(17)19-14)21(12(2)3)11-13-8-6-5-7-9-13/h5-10,12H,4,11H2,1-3H3,(H3,17,18,19,20). The summed E-state index contributed by atoms with van der Waals surface area (Å²) >= 11 is 0. The summed E-state index contributed by atoms with van der Waals surface area (Å²) in [6.45, 7) is 7.92. The molecule has 0 aliphatic carbocycles. The fourth-order valence-corrected chi connectivity index (χ4v) is 2.18. The third-order valence-electron chi connectivity index (χ3n) is 3.20. The van der Waals surface area contributed by atoms with Crippen LogP contribution >= 0.6 is 0 Å². The van der Waals surface area contributed by atoms with Crippen LogP contribution in [0.2, 0.25) is 0 Å². The van der Waals surface area contributed by atoms with Crippen molar-refractivity contribution in [1.82, 2.24) is 9.97 Å². The molecule has 0 aliphatic heterocycles. The van der Waals surface area contributed by atoms with Crippen LogP contribution in [0.1, 0.15) is 26.3 Å². The summed E-state index contributed by atoms with van der Waals surface area (Å²) in [5.41, 5.74) is 7.08. The van der Waals surface area contributed by atoms with E-state index in [0.29, 0.717) is 12.0 Å². The number of benzene rings is 1. The Bertz CT molecular complexity index is 568. The quantitative estimate of drug-likeness (QED) is 0.854. The predicted molar refractivity (Wildman–Crippen MR) is 88.4 cm³/mol. The van der Waals surface area contributed by atoms with Crippen molar-refractivity contribution in [2.45, 2.75) is 33.4 Å². The van der Waals surface area contributed by atoms with Crippen molar-refractivity contribution in [3.05, 3.63) is 42.0 Å². The second-order valence-electron chi connectivity index (χ2n) is 5.21. The Balaban J connectivity index is 2.29. The van der Waals surface area contributed by atoms with Crippen LogP contribution in [0.3, 0.4) is 0 Å². The minimum Gasteiger partial charge on any atom is -0.370 e. The van der Waals surface area contributed by atoms with Crippen LogP contribution in [0.4, 0.5) is 17.6 Å². The van der Waals surface area contributed by atoms with Crippen LogP contribution in [-0.2, 0) is 6.54 Å². The van der Waals surface area contributed by atoms with Gasteiger partial charge >= 0.3 is 0 Å². The first-order valence-corrected chi connectivity index (χ1v) is 7.29. The number of hydrogen-bond acceptors (Lipinski definition) is 5. The molecule has 0 amide bonds. The number of aromatic nitrogens is 2. The summed E-state index contributed by atoms with van der Waals surface area (Å²) in [5.74, 6) is 1.90. The molecule has 0 fully saturated rings. The maximum atomic E-state index is 5.83. The molecule has 0 aliphatic rings. The summed E-state index contributed by atoms with van der Waals surface area (Å²) in [6.07, 6.45) is 0. The van der Waals surface area contributed by atoms with E-state index in [1.807, 2.05) is 31.2 Å². The van der Waals surface area contributed by atoms with Crippen molar-refractivity contribution in [1.29, 1.82) is 0 Å². The van der Waals surface area contributed by atoms with Crippen LogP contribution in [-0.4, -0.2) is 22.6 Å². The van der Waals surface area contributed by atoms with Crippen LogP contribution in [0.5, 0.6) is 0 Å². The maximum Gasteiger partial charge on any atom is 0.223 e. The van der Waals surface area contributed by atoms with Gasteiger partial charge in [-0.1, -0.05) is 30.3 Å². The summed E-state index contributed by atoms with van der Waals surface area (Å²) in [7, 11) is 0. The number of nitrogens with one attached hydrogen (secondary N) is 1. The summed E-state index contributed by atoms with van der Waals surface area (Å²) in [5, 5.41) is 3.19. The monoisotopic (exact) mass is 285 g/mol. The maximum absolute atomic E-state index is 5.83. The average molecular weight is 285 g/mol. The Morgan fingerprint density at radius 1 is 1.19 bits per heavy atom. The van der Waals surface area contributed by atoms with Gasteiger partial charge in [0.15, 0.2) is 0 Å². The SMILES string of the molecule is CCNc1cc(N(Cc2ccccc2)C(C)C)nc(N)n1. The molecule has 1 heterocycles. The Kier molecular flexibility index (Phi) is 4.98. The third-order valence-corrected chi connectivity index (χ3v) is 3.20. The van der Waals surface area contributed by atoms with E-state index in [1.165, 1.54) is 5.56 Å². The highest BCUT2D eigenvalue weighted by molar-refractivity contribution is 5.53. The molecule has 112 valence electrons. The lowest BCUT2D eigenvalue weighted by Gasteiger charge is -2.28. The highest BCUT2D eigenvalue weighted by atomic mass is 15.2.